The molecule has 4 rings (SSSR count). The Labute approximate surface area is 117 Å². The van der Waals surface area contributed by atoms with Crippen molar-refractivity contribution in [2.24, 2.45) is 0 Å². The molecule has 1 fully saturated rings. The molecule has 1 aromatic carbocycles. The monoisotopic (exact) mass is 271 g/mol. The van der Waals surface area contributed by atoms with Gasteiger partial charge in [-0.25, -0.2) is 0 Å². The molecule has 2 heterocycles. The van der Waals surface area contributed by atoms with E-state index in [1.807, 2.05) is 18.3 Å². The molecule has 0 saturated carbocycles. The van der Waals surface area contributed by atoms with E-state index >= 15 is 0 Å². The van der Waals surface area contributed by atoms with Crippen molar-refractivity contribution >= 4 is 16.5 Å². The maximum absolute atomic E-state index is 9.67. The summed E-state index contributed by atoms with van der Waals surface area (Å²) in [5, 5.41) is 10.7. The molecule has 2 aliphatic rings. The summed E-state index contributed by atoms with van der Waals surface area (Å²) in [6.45, 7) is 1.40. The highest BCUT2D eigenvalue weighted by atomic mass is 16.7. The molecule has 4 heteroatoms. The Hall–Kier alpha value is -1.78. The normalized spacial score (nSPS) is 21.5. The van der Waals surface area contributed by atoms with E-state index in [9.17, 15) is 5.11 Å². The predicted molar refractivity (Wildman–Crippen MR) is 76.4 cm³/mol. The van der Waals surface area contributed by atoms with Crippen LogP contribution in [0.4, 0.5) is 0 Å². The number of rotatable bonds is 1. The molecule has 0 amide bonds. The minimum Gasteiger partial charge on any atom is -0.508 e. The number of aromatic amines is 1. The van der Waals surface area contributed by atoms with Crippen LogP contribution in [0.25, 0.3) is 16.5 Å². The lowest BCUT2D eigenvalue weighted by Gasteiger charge is -2.30. The van der Waals surface area contributed by atoms with Crippen molar-refractivity contribution in [2.75, 3.05) is 13.2 Å². The van der Waals surface area contributed by atoms with Gasteiger partial charge in [-0.05, 0) is 30.2 Å². The highest BCUT2D eigenvalue weighted by Gasteiger charge is 2.37. The molecule has 0 radical (unpaired) electrons. The molecule has 2 N–H and O–H groups in total. The third-order valence-electron chi connectivity index (χ3n) is 4.26. The summed E-state index contributed by atoms with van der Waals surface area (Å²) in [6, 6.07) is 5.42. The molecule has 1 aliphatic carbocycles. The Morgan fingerprint density at radius 2 is 2.05 bits per heavy atom. The van der Waals surface area contributed by atoms with Gasteiger partial charge in [-0.15, -0.1) is 0 Å². The van der Waals surface area contributed by atoms with Crippen LogP contribution in [0.1, 0.15) is 24.8 Å². The fraction of sp³-hybridized carbons (Fsp3) is 0.375. The highest BCUT2D eigenvalue weighted by Crippen LogP contribution is 2.40. The first kappa shape index (κ1) is 12.0. The van der Waals surface area contributed by atoms with E-state index in [1.54, 1.807) is 6.07 Å². The molecule has 1 aromatic heterocycles. The number of hydrogen-bond donors (Lipinski definition) is 2. The molecular formula is C16H17NO3. The van der Waals surface area contributed by atoms with Crippen molar-refractivity contribution < 1.29 is 14.6 Å². The molecule has 1 spiro atoms. The van der Waals surface area contributed by atoms with Gasteiger partial charge in [0, 0.05) is 35.5 Å². The second-order valence-corrected chi connectivity index (χ2v) is 5.47. The molecule has 0 bridgehead atoms. The lowest BCUT2D eigenvalue weighted by Crippen LogP contribution is -2.31. The van der Waals surface area contributed by atoms with Crippen molar-refractivity contribution in [3.05, 3.63) is 36.0 Å². The second-order valence-electron chi connectivity index (χ2n) is 5.47. The largest absolute Gasteiger partial charge is 0.508 e. The zero-order valence-corrected chi connectivity index (χ0v) is 11.2. The molecular weight excluding hydrogens is 254 g/mol. The summed E-state index contributed by atoms with van der Waals surface area (Å²) in [4.78, 5) is 3.26. The standard InChI is InChI=1S/C16H17NO3/c18-12-1-2-15-13(9-12)14(10-17-15)11-3-5-16(6-4-11)19-7-8-20-16/h1-3,9-10,17-18H,4-8H2. The van der Waals surface area contributed by atoms with Gasteiger partial charge in [0.2, 0.25) is 0 Å². The lowest BCUT2D eigenvalue weighted by molar-refractivity contribution is -0.159. The van der Waals surface area contributed by atoms with Crippen molar-refractivity contribution in [1.29, 1.82) is 0 Å². The molecule has 0 atom stereocenters. The van der Waals surface area contributed by atoms with Gasteiger partial charge in [0.05, 0.1) is 13.2 Å². The van der Waals surface area contributed by atoms with Crippen LogP contribution in [-0.4, -0.2) is 29.1 Å². The summed E-state index contributed by atoms with van der Waals surface area (Å²) in [5.74, 6) is -0.0775. The SMILES string of the molecule is Oc1ccc2[nH]cc(C3=CCC4(CC3)OCCO4)c2c1. The van der Waals surface area contributed by atoms with E-state index in [1.165, 1.54) is 11.1 Å². The molecule has 1 saturated heterocycles. The third-order valence-corrected chi connectivity index (χ3v) is 4.26. The van der Waals surface area contributed by atoms with E-state index in [-0.39, 0.29) is 5.79 Å². The average Bonchev–Trinajstić information content (AvgIpc) is 3.07. The lowest BCUT2D eigenvalue weighted by atomic mass is 9.89. The van der Waals surface area contributed by atoms with Crippen LogP contribution in [0.3, 0.4) is 0 Å². The Morgan fingerprint density at radius 1 is 1.20 bits per heavy atom. The first-order valence-electron chi connectivity index (χ1n) is 7.03. The minimum atomic E-state index is -0.377. The van der Waals surface area contributed by atoms with Crippen LogP contribution >= 0.6 is 0 Å². The van der Waals surface area contributed by atoms with E-state index in [2.05, 4.69) is 11.1 Å². The number of ether oxygens (including phenoxy) is 2. The summed E-state index contributed by atoms with van der Waals surface area (Å²) in [6.07, 6.45) is 6.85. The number of H-pyrrole nitrogens is 1. The van der Waals surface area contributed by atoms with Gasteiger partial charge in [0.25, 0.3) is 0 Å². The van der Waals surface area contributed by atoms with Crippen LogP contribution in [-0.2, 0) is 9.47 Å². The van der Waals surface area contributed by atoms with Crippen LogP contribution < -0.4 is 0 Å². The Morgan fingerprint density at radius 3 is 2.80 bits per heavy atom. The van der Waals surface area contributed by atoms with E-state index in [0.717, 1.165) is 30.2 Å². The van der Waals surface area contributed by atoms with Crippen molar-refractivity contribution in [1.82, 2.24) is 4.98 Å². The van der Waals surface area contributed by atoms with Crippen LogP contribution in [0, 0.1) is 0 Å². The quantitative estimate of drug-likeness (QED) is 0.837. The van der Waals surface area contributed by atoms with E-state index < -0.39 is 0 Å². The van der Waals surface area contributed by atoms with Crippen LogP contribution in [0.5, 0.6) is 5.75 Å². The van der Waals surface area contributed by atoms with Crippen molar-refractivity contribution in [2.45, 2.75) is 25.0 Å². The topological polar surface area (TPSA) is 54.5 Å². The Kier molecular flexibility index (Phi) is 2.62. The summed E-state index contributed by atoms with van der Waals surface area (Å²) in [7, 11) is 0. The van der Waals surface area contributed by atoms with Gasteiger partial charge >= 0.3 is 0 Å². The highest BCUT2D eigenvalue weighted by molar-refractivity contribution is 5.93. The van der Waals surface area contributed by atoms with Gasteiger partial charge in [0.1, 0.15) is 5.75 Å². The Bertz CT molecular complexity index is 680. The van der Waals surface area contributed by atoms with Crippen molar-refractivity contribution in [3.8, 4) is 5.75 Å². The number of benzene rings is 1. The number of aromatic hydroxyl groups is 1. The predicted octanol–water partition coefficient (Wildman–Crippen LogP) is 3.18. The van der Waals surface area contributed by atoms with Crippen LogP contribution in [0.15, 0.2) is 30.5 Å². The number of phenols is 1. The third kappa shape index (κ3) is 1.84. The van der Waals surface area contributed by atoms with Gasteiger partial charge in [-0.3, -0.25) is 0 Å². The maximum Gasteiger partial charge on any atom is 0.172 e. The number of hydrogen-bond acceptors (Lipinski definition) is 3. The number of fused-ring (bicyclic) bond motifs is 1. The van der Waals surface area contributed by atoms with E-state index in [4.69, 9.17) is 9.47 Å². The van der Waals surface area contributed by atoms with Gasteiger partial charge in [0.15, 0.2) is 5.79 Å². The first-order chi connectivity index (χ1) is 9.76. The van der Waals surface area contributed by atoms with Gasteiger partial charge < -0.3 is 19.6 Å². The Balaban J connectivity index is 1.70. The summed E-state index contributed by atoms with van der Waals surface area (Å²) < 4.78 is 11.5. The van der Waals surface area contributed by atoms with Gasteiger partial charge in [-0.2, -0.15) is 0 Å². The molecule has 20 heavy (non-hydrogen) atoms. The first-order valence-corrected chi connectivity index (χ1v) is 7.03. The number of aromatic nitrogens is 1. The zero-order chi connectivity index (χ0) is 13.6. The average molecular weight is 271 g/mol. The summed E-state index contributed by atoms with van der Waals surface area (Å²) in [5.41, 5.74) is 3.52. The zero-order valence-electron chi connectivity index (χ0n) is 11.2. The molecule has 1 aliphatic heterocycles. The van der Waals surface area contributed by atoms with Crippen molar-refractivity contribution in [3.63, 3.8) is 0 Å². The smallest absolute Gasteiger partial charge is 0.172 e. The molecule has 0 unspecified atom stereocenters. The number of allylic oxidation sites excluding steroid dienone is 1. The molecule has 2 aromatic rings. The molecule has 104 valence electrons. The number of phenolic OH excluding ortho intramolecular Hbond substituents is 1. The fourth-order valence-electron chi connectivity index (χ4n) is 3.19. The van der Waals surface area contributed by atoms with Crippen LogP contribution in [0.2, 0.25) is 0 Å². The maximum atomic E-state index is 9.67. The number of nitrogens with one attached hydrogen (secondary N) is 1. The minimum absolute atomic E-state index is 0.300. The van der Waals surface area contributed by atoms with Gasteiger partial charge in [-0.1, -0.05) is 6.08 Å². The second kappa shape index (κ2) is 4.36. The summed E-state index contributed by atoms with van der Waals surface area (Å²) >= 11 is 0. The van der Waals surface area contributed by atoms with E-state index in [0.29, 0.717) is 19.0 Å². The fourth-order valence-corrected chi connectivity index (χ4v) is 3.19. The molecule has 4 nitrogen and oxygen atoms in total.